The van der Waals surface area contributed by atoms with Crippen molar-refractivity contribution in [3.05, 3.63) is 71.8 Å². The van der Waals surface area contributed by atoms with Gasteiger partial charge in [0.2, 0.25) is 0 Å². The van der Waals surface area contributed by atoms with Crippen LogP contribution >= 0.6 is 0 Å². The molecule has 2 amide bonds. The highest BCUT2D eigenvalue weighted by Crippen LogP contribution is 2.15. The molecule has 2 aromatic carbocycles. The van der Waals surface area contributed by atoms with Gasteiger partial charge in [-0.15, -0.1) is 0 Å². The van der Waals surface area contributed by atoms with E-state index < -0.39 is 6.04 Å². The number of hydrogen-bond acceptors (Lipinski definition) is 3. The van der Waals surface area contributed by atoms with E-state index in [0.717, 1.165) is 43.3 Å². The molecule has 5 nitrogen and oxygen atoms in total. The van der Waals surface area contributed by atoms with Crippen LogP contribution in [0, 0.1) is 0 Å². The lowest BCUT2D eigenvalue weighted by Crippen LogP contribution is -2.54. The van der Waals surface area contributed by atoms with Gasteiger partial charge in [-0.1, -0.05) is 67.1 Å². The lowest BCUT2D eigenvalue weighted by atomic mass is 10.1. The third-order valence-electron chi connectivity index (χ3n) is 4.86. The fourth-order valence-corrected chi connectivity index (χ4v) is 3.41. The maximum atomic E-state index is 13.0. The van der Waals surface area contributed by atoms with Crippen molar-refractivity contribution < 1.29 is 9.59 Å². The van der Waals surface area contributed by atoms with Gasteiger partial charge >= 0.3 is 6.03 Å². The van der Waals surface area contributed by atoms with E-state index in [1.165, 1.54) is 6.42 Å². The lowest BCUT2D eigenvalue weighted by Gasteiger charge is -2.37. The van der Waals surface area contributed by atoms with Crippen LogP contribution in [0.2, 0.25) is 0 Å². The van der Waals surface area contributed by atoms with Crippen LogP contribution in [0.1, 0.15) is 30.4 Å². The number of aldehydes is 1. The minimum absolute atomic E-state index is 0.214. The Labute approximate surface area is 160 Å². The van der Waals surface area contributed by atoms with Gasteiger partial charge in [-0.25, -0.2) is 9.80 Å². The number of urea groups is 1. The summed E-state index contributed by atoms with van der Waals surface area (Å²) in [5, 5.41) is 6.78. The van der Waals surface area contributed by atoms with Crippen molar-refractivity contribution in [3.8, 4) is 0 Å². The molecule has 1 atom stereocenters. The number of carbonyl (C=O) groups excluding carboxylic acids is 2. The lowest BCUT2D eigenvalue weighted by molar-refractivity contribution is -0.109. The number of hydrogen-bond donors (Lipinski definition) is 1. The monoisotopic (exact) mass is 365 g/mol. The zero-order valence-electron chi connectivity index (χ0n) is 15.6. The third-order valence-corrected chi connectivity index (χ3v) is 4.86. The molecule has 5 heteroatoms. The number of amides is 2. The van der Waals surface area contributed by atoms with Crippen LogP contribution < -0.4 is 5.32 Å². The first-order chi connectivity index (χ1) is 13.3. The molecule has 1 saturated heterocycles. The summed E-state index contributed by atoms with van der Waals surface area (Å²) < 4.78 is 0. The van der Waals surface area contributed by atoms with Gasteiger partial charge in [-0.2, -0.15) is 0 Å². The Morgan fingerprint density at radius 1 is 0.963 bits per heavy atom. The maximum Gasteiger partial charge on any atom is 0.332 e. The average molecular weight is 365 g/mol. The van der Waals surface area contributed by atoms with Crippen LogP contribution in [-0.4, -0.2) is 41.5 Å². The highest BCUT2D eigenvalue weighted by Gasteiger charge is 2.25. The topological polar surface area (TPSA) is 52.7 Å². The molecule has 0 aromatic heterocycles. The zero-order valence-corrected chi connectivity index (χ0v) is 15.6. The van der Waals surface area contributed by atoms with Crippen LogP contribution in [0.25, 0.3) is 0 Å². The van der Waals surface area contributed by atoms with Crippen molar-refractivity contribution in [2.75, 3.05) is 13.1 Å². The summed E-state index contributed by atoms with van der Waals surface area (Å²) in [5.74, 6) is 0. The van der Waals surface area contributed by atoms with Crippen LogP contribution in [0.4, 0.5) is 4.79 Å². The molecule has 0 radical (unpaired) electrons. The van der Waals surface area contributed by atoms with E-state index in [1.54, 1.807) is 5.01 Å². The summed E-state index contributed by atoms with van der Waals surface area (Å²) in [5.41, 5.74) is 2.10. The Morgan fingerprint density at radius 3 is 2.15 bits per heavy atom. The van der Waals surface area contributed by atoms with Crippen LogP contribution in [-0.2, 0) is 17.8 Å². The van der Waals surface area contributed by atoms with Crippen molar-refractivity contribution in [1.29, 1.82) is 0 Å². The van der Waals surface area contributed by atoms with Gasteiger partial charge in [0.1, 0.15) is 6.29 Å². The van der Waals surface area contributed by atoms with Crippen LogP contribution in [0.15, 0.2) is 60.7 Å². The summed E-state index contributed by atoms with van der Waals surface area (Å²) >= 11 is 0. The highest BCUT2D eigenvalue weighted by atomic mass is 16.2. The predicted molar refractivity (Wildman–Crippen MR) is 106 cm³/mol. The molecule has 1 aliphatic rings. The Kier molecular flexibility index (Phi) is 6.99. The molecule has 1 N–H and O–H groups in total. The van der Waals surface area contributed by atoms with Crippen molar-refractivity contribution in [2.45, 2.75) is 38.3 Å². The summed E-state index contributed by atoms with van der Waals surface area (Å²) in [7, 11) is 0. The van der Waals surface area contributed by atoms with E-state index in [-0.39, 0.29) is 6.03 Å². The predicted octanol–water partition coefficient (Wildman–Crippen LogP) is 3.41. The van der Waals surface area contributed by atoms with E-state index in [1.807, 2.05) is 60.7 Å². The van der Waals surface area contributed by atoms with Gasteiger partial charge in [-0.3, -0.25) is 5.01 Å². The van der Waals surface area contributed by atoms with Crippen molar-refractivity contribution in [3.63, 3.8) is 0 Å². The van der Waals surface area contributed by atoms with Gasteiger partial charge in [0, 0.05) is 13.1 Å². The second-order valence-electron chi connectivity index (χ2n) is 6.94. The molecular formula is C22H27N3O2. The fraction of sp³-hybridized carbons (Fsp3) is 0.364. The highest BCUT2D eigenvalue weighted by molar-refractivity contribution is 5.78. The first-order valence-corrected chi connectivity index (χ1v) is 9.62. The Hall–Kier alpha value is -2.66. The second kappa shape index (κ2) is 9.88. The Balaban J connectivity index is 1.69. The first kappa shape index (κ1) is 19.1. The van der Waals surface area contributed by atoms with E-state index in [2.05, 4.69) is 10.3 Å². The van der Waals surface area contributed by atoms with Gasteiger partial charge < -0.3 is 10.1 Å². The molecule has 1 fully saturated rings. The molecule has 2 aromatic rings. The fourth-order valence-electron chi connectivity index (χ4n) is 3.41. The number of piperidine rings is 1. The number of benzene rings is 2. The molecule has 0 unspecified atom stereocenters. The molecule has 3 rings (SSSR count). The number of nitrogens with one attached hydrogen (secondary N) is 1. The standard InChI is InChI=1S/C22H27N3O2/c26-18-21(16-19-10-4-1-5-11-19)23-22(27)25(24-14-8-3-9-15-24)17-20-12-6-2-7-13-20/h1-2,4-7,10-13,18,21H,3,8-9,14-17H2,(H,23,27)/t21-/m1/s1. The second-order valence-corrected chi connectivity index (χ2v) is 6.94. The molecular weight excluding hydrogens is 338 g/mol. The van der Waals surface area contributed by atoms with Crippen LogP contribution in [0.5, 0.6) is 0 Å². The maximum absolute atomic E-state index is 13.0. The number of hydrazine groups is 1. The van der Waals surface area contributed by atoms with Crippen LogP contribution in [0.3, 0.4) is 0 Å². The Morgan fingerprint density at radius 2 is 1.56 bits per heavy atom. The third kappa shape index (κ3) is 5.66. The quantitative estimate of drug-likeness (QED) is 0.765. The molecule has 142 valence electrons. The number of carbonyl (C=O) groups is 2. The normalized spacial score (nSPS) is 15.7. The van der Waals surface area contributed by atoms with E-state index in [9.17, 15) is 9.59 Å². The summed E-state index contributed by atoms with van der Waals surface area (Å²) in [6, 6.07) is 19.0. The Bertz CT molecular complexity index is 715. The number of rotatable bonds is 7. The largest absolute Gasteiger partial charge is 0.332 e. The number of nitrogens with zero attached hydrogens (tertiary/aromatic N) is 2. The molecule has 0 bridgehead atoms. The van der Waals surface area contributed by atoms with Gasteiger partial charge in [0.25, 0.3) is 0 Å². The summed E-state index contributed by atoms with van der Waals surface area (Å²) in [4.78, 5) is 24.6. The van der Waals surface area contributed by atoms with E-state index in [0.29, 0.717) is 13.0 Å². The minimum Gasteiger partial charge on any atom is -0.327 e. The minimum atomic E-state index is -0.539. The first-order valence-electron chi connectivity index (χ1n) is 9.62. The molecule has 0 saturated carbocycles. The van der Waals surface area contributed by atoms with Crippen molar-refractivity contribution in [1.82, 2.24) is 15.3 Å². The van der Waals surface area contributed by atoms with E-state index in [4.69, 9.17) is 0 Å². The molecule has 1 aliphatic heterocycles. The van der Waals surface area contributed by atoms with Gasteiger partial charge in [0.05, 0.1) is 12.6 Å². The van der Waals surface area contributed by atoms with Crippen molar-refractivity contribution in [2.24, 2.45) is 0 Å². The van der Waals surface area contributed by atoms with Gasteiger partial charge in [0.15, 0.2) is 0 Å². The smallest absolute Gasteiger partial charge is 0.327 e. The summed E-state index contributed by atoms with van der Waals surface area (Å²) in [6.07, 6.45) is 4.68. The molecule has 0 spiro atoms. The zero-order chi connectivity index (χ0) is 18.9. The molecule has 1 heterocycles. The molecule has 27 heavy (non-hydrogen) atoms. The summed E-state index contributed by atoms with van der Waals surface area (Å²) in [6.45, 7) is 2.24. The van der Waals surface area contributed by atoms with E-state index >= 15 is 0 Å². The molecule has 0 aliphatic carbocycles. The average Bonchev–Trinajstić information content (AvgIpc) is 2.73. The van der Waals surface area contributed by atoms with Gasteiger partial charge in [-0.05, 0) is 30.4 Å². The van der Waals surface area contributed by atoms with Crippen molar-refractivity contribution >= 4 is 12.3 Å². The SMILES string of the molecule is O=C[C@@H](Cc1ccccc1)NC(=O)N(Cc1ccccc1)N1CCCCC1.